The van der Waals surface area contributed by atoms with Gasteiger partial charge in [0, 0.05) is 13.0 Å². The Balaban J connectivity index is 2.98. The Bertz CT molecular complexity index is 1200. The average molecular weight is 838 g/mol. The van der Waals surface area contributed by atoms with Gasteiger partial charge in [-0.25, -0.2) is 0 Å². The predicted molar refractivity (Wildman–Crippen MR) is 236 cm³/mol. The highest BCUT2D eigenvalue weighted by Gasteiger charge is 2.58. The number of amides is 2. The molecule has 0 aliphatic carbocycles. The lowest BCUT2D eigenvalue weighted by Crippen LogP contribution is -2.76. The van der Waals surface area contributed by atoms with Crippen LogP contribution >= 0.6 is 0 Å². The zero-order chi connectivity index (χ0) is 44.1. The lowest BCUT2D eigenvalue weighted by Gasteiger charge is -2.52. The van der Waals surface area contributed by atoms with Gasteiger partial charge in [0.05, 0.1) is 25.3 Å². The minimum absolute atomic E-state index is 0.124. The molecular formula is C46H87N5O8. The number of rotatable bonds is 36. The molecule has 13 nitrogen and oxygen atoms in total. The van der Waals surface area contributed by atoms with Crippen molar-refractivity contribution in [3.05, 3.63) is 12.2 Å². The van der Waals surface area contributed by atoms with Crippen LogP contribution < -0.4 is 22.5 Å². The molecule has 1 heterocycles. The van der Waals surface area contributed by atoms with Crippen LogP contribution in [0.1, 0.15) is 195 Å². The van der Waals surface area contributed by atoms with Gasteiger partial charge < -0.3 is 41.7 Å². The van der Waals surface area contributed by atoms with Crippen molar-refractivity contribution >= 4 is 23.4 Å². The number of ether oxygens (including phenoxy) is 1. The van der Waals surface area contributed by atoms with Crippen LogP contribution in [0.5, 0.6) is 0 Å². The zero-order valence-corrected chi connectivity index (χ0v) is 37.6. The van der Waals surface area contributed by atoms with Crippen molar-refractivity contribution in [1.29, 1.82) is 0 Å². The van der Waals surface area contributed by atoms with Gasteiger partial charge >= 0.3 is 0 Å². The summed E-state index contributed by atoms with van der Waals surface area (Å²) in [5, 5.41) is 34.7. The number of nitrogens with zero attached hydrogens (tertiary/aromatic N) is 1. The smallest absolute Gasteiger partial charge is 0.247 e. The second-order valence-corrected chi connectivity index (χ2v) is 17.3. The highest BCUT2D eigenvalue weighted by Crippen LogP contribution is 2.36. The maximum atomic E-state index is 14.1. The van der Waals surface area contributed by atoms with E-state index in [4.69, 9.17) is 21.9 Å². The Labute approximate surface area is 357 Å². The molecule has 1 fully saturated rings. The summed E-state index contributed by atoms with van der Waals surface area (Å²) < 4.78 is 6.04. The molecular weight excluding hydrogens is 751 g/mol. The van der Waals surface area contributed by atoms with E-state index in [2.05, 4.69) is 31.3 Å². The van der Waals surface area contributed by atoms with E-state index in [1.165, 1.54) is 102 Å². The summed E-state index contributed by atoms with van der Waals surface area (Å²) >= 11 is 0. The summed E-state index contributed by atoms with van der Waals surface area (Å²) in [7, 11) is 0. The highest BCUT2D eigenvalue weighted by atomic mass is 16.6. The molecule has 1 saturated heterocycles. The van der Waals surface area contributed by atoms with Crippen molar-refractivity contribution in [2.45, 2.75) is 230 Å². The minimum Gasteiger partial charge on any atom is -0.394 e. The maximum absolute atomic E-state index is 14.1. The Morgan fingerprint density at radius 1 is 0.746 bits per heavy atom. The second kappa shape index (κ2) is 31.6. The fourth-order valence-electron chi connectivity index (χ4n) is 7.98. The van der Waals surface area contributed by atoms with Crippen LogP contribution in [0.25, 0.3) is 0 Å². The number of carbonyl (C=O) groups is 4. The largest absolute Gasteiger partial charge is 0.394 e. The monoisotopic (exact) mass is 838 g/mol. The fraction of sp³-hybridized carbons (Fsp3) is 0.870. The van der Waals surface area contributed by atoms with Crippen LogP contribution in [-0.2, 0) is 23.9 Å². The molecule has 10 N–H and O–H groups in total. The summed E-state index contributed by atoms with van der Waals surface area (Å²) in [4.78, 5) is 54.8. The van der Waals surface area contributed by atoms with Crippen molar-refractivity contribution in [3.8, 4) is 0 Å². The summed E-state index contributed by atoms with van der Waals surface area (Å²) in [5.41, 5.74) is 16.5. The third-order valence-electron chi connectivity index (χ3n) is 11.8. The molecule has 1 aliphatic rings. The summed E-state index contributed by atoms with van der Waals surface area (Å²) in [6.07, 6.45) is 27.5. The van der Waals surface area contributed by atoms with E-state index in [-0.39, 0.29) is 18.9 Å². The van der Waals surface area contributed by atoms with Crippen LogP contribution in [0.2, 0.25) is 0 Å². The number of Topliss-reactive ketones (excluding diaryl/α,β-unsaturated/α-hetero) is 2. The number of nitrogens with two attached hydrogens (primary N) is 3. The molecule has 0 spiro atoms. The fourth-order valence-corrected chi connectivity index (χ4v) is 7.98. The van der Waals surface area contributed by atoms with Crippen LogP contribution in [0.15, 0.2) is 12.2 Å². The molecule has 0 radical (unpaired) electrons. The molecule has 0 unspecified atom stereocenters. The molecule has 0 aromatic carbocycles. The van der Waals surface area contributed by atoms with Crippen molar-refractivity contribution in [2.75, 3.05) is 19.7 Å². The van der Waals surface area contributed by atoms with Gasteiger partial charge in [0.2, 0.25) is 17.7 Å². The van der Waals surface area contributed by atoms with Gasteiger partial charge in [0.15, 0.2) is 17.1 Å². The van der Waals surface area contributed by atoms with Gasteiger partial charge in [-0.2, -0.15) is 0 Å². The quantitative estimate of drug-likeness (QED) is 0.0162. The number of unbranched alkanes of at least 4 members (excludes halogenated alkanes) is 22. The van der Waals surface area contributed by atoms with Crippen molar-refractivity contribution in [2.24, 2.45) is 23.1 Å². The summed E-state index contributed by atoms with van der Waals surface area (Å²) in [5.74, 6) is -6.88. The second-order valence-electron chi connectivity index (χ2n) is 17.3. The van der Waals surface area contributed by atoms with E-state index in [0.29, 0.717) is 12.8 Å². The number of hydrogen-bond donors (Lipinski definition) is 7. The number of nitrogens with one attached hydrogen (secondary N) is 1. The van der Waals surface area contributed by atoms with Crippen molar-refractivity contribution in [3.63, 3.8) is 0 Å². The number of aliphatic hydroxyl groups is 3. The third-order valence-corrected chi connectivity index (χ3v) is 11.8. The van der Waals surface area contributed by atoms with Gasteiger partial charge in [0.1, 0.15) is 18.1 Å². The van der Waals surface area contributed by atoms with E-state index < -0.39 is 72.3 Å². The Hall–Kier alpha value is -2.26. The molecule has 1 rings (SSSR count). The summed E-state index contributed by atoms with van der Waals surface area (Å²) in [6, 6.07) is -1.04. The van der Waals surface area contributed by atoms with Crippen LogP contribution in [0.3, 0.4) is 0 Å². The van der Waals surface area contributed by atoms with Gasteiger partial charge in [-0.05, 0) is 52.4 Å². The maximum Gasteiger partial charge on any atom is 0.247 e. The van der Waals surface area contributed by atoms with E-state index in [0.717, 1.165) is 64.2 Å². The first-order chi connectivity index (χ1) is 28.2. The van der Waals surface area contributed by atoms with E-state index in [9.17, 15) is 34.5 Å². The Morgan fingerprint density at radius 2 is 1.19 bits per heavy atom. The molecule has 2 amide bonds. The van der Waals surface area contributed by atoms with Crippen molar-refractivity contribution in [1.82, 2.24) is 10.2 Å². The normalized spacial score (nSPS) is 22.3. The first-order valence-corrected chi connectivity index (χ1v) is 23.5. The molecule has 7 atom stereocenters. The minimum atomic E-state index is -2.25. The van der Waals surface area contributed by atoms with Crippen LogP contribution in [0, 0.1) is 5.92 Å². The van der Waals surface area contributed by atoms with Gasteiger partial charge in [0.25, 0.3) is 0 Å². The van der Waals surface area contributed by atoms with E-state index in [1.807, 2.05) is 0 Å². The number of hydrogen-bond acceptors (Lipinski definition) is 11. The molecule has 0 aromatic rings. The topological polar surface area (TPSA) is 232 Å². The molecule has 344 valence electrons. The molecule has 0 saturated carbocycles. The van der Waals surface area contributed by atoms with Gasteiger partial charge in [-0.3, -0.25) is 24.9 Å². The SMILES string of the molecule is CCCCCCCC/C=C\CCCCCCCC(=O)N(CCCCCCCCCCCCCC)[C@]1(N)O[C@H](CO)[C@@H](O)[C@H](O)[C@H]1C(=O)CNC(=O)[C@](C)(N)C(=O)[C@H](C)N. The lowest BCUT2D eigenvalue weighted by atomic mass is 9.82. The summed E-state index contributed by atoms with van der Waals surface area (Å²) in [6.45, 7) is 5.70. The first kappa shape index (κ1) is 54.8. The number of ketones is 2. The molecule has 0 aromatic heterocycles. The van der Waals surface area contributed by atoms with E-state index in [1.54, 1.807) is 0 Å². The van der Waals surface area contributed by atoms with Crippen LogP contribution in [0.4, 0.5) is 0 Å². The lowest BCUT2D eigenvalue weighted by molar-refractivity contribution is -0.291. The Morgan fingerprint density at radius 3 is 1.64 bits per heavy atom. The van der Waals surface area contributed by atoms with Crippen LogP contribution in [-0.4, -0.2) is 99.0 Å². The van der Waals surface area contributed by atoms with Gasteiger partial charge in [-0.1, -0.05) is 148 Å². The number of carbonyl (C=O) groups excluding carboxylic acids is 4. The highest BCUT2D eigenvalue weighted by molar-refractivity contribution is 6.12. The molecule has 13 heteroatoms. The number of aliphatic hydroxyl groups excluding tert-OH is 3. The Kier molecular flexibility index (Phi) is 29.3. The third kappa shape index (κ3) is 20.4. The zero-order valence-electron chi connectivity index (χ0n) is 37.6. The predicted octanol–water partition coefficient (Wildman–Crippen LogP) is 6.21. The molecule has 59 heavy (non-hydrogen) atoms. The first-order valence-electron chi connectivity index (χ1n) is 23.5. The number of allylic oxidation sites excluding steroid dienone is 2. The average Bonchev–Trinajstić information content (AvgIpc) is 3.20. The van der Waals surface area contributed by atoms with Gasteiger partial charge in [-0.15, -0.1) is 0 Å². The van der Waals surface area contributed by atoms with E-state index >= 15 is 0 Å². The molecule has 0 bridgehead atoms. The molecule has 1 aliphatic heterocycles. The standard InChI is InChI=1S/C46H87N5O8/c1-5-7-9-11-13-15-17-19-20-21-22-24-26-28-30-32-39(54)51(33-31-29-27-25-23-18-16-14-12-10-8-6-2)46(49)40(42(56)41(55)38(35-52)59-46)37(53)34-50-44(58)45(4,48)43(57)36(3)47/h19-20,36,38,40-42,52,55-56H,5-18,21-35,47-49H2,1-4H3,(H,50,58)/b20-19-/t36-,38+,40+,41+,42+,45+,46-/m0/s1. The van der Waals surface area contributed by atoms with Crippen molar-refractivity contribution < 1.29 is 39.2 Å².